The second kappa shape index (κ2) is 5.22. The number of rotatable bonds is 0. The van der Waals surface area contributed by atoms with Gasteiger partial charge in [-0.05, 0) is 49.3 Å². The molecule has 0 aliphatic carbocycles. The molecule has 1 aromatic carbocycles. The molecule has 0 spiro atoms. The number of anilines is 1. The van der Waals surface area contributed by atoms with Crippen LogP contribution in [-0.4, -0.2) is 12.1 Å². The molecule has 0 N–H and O–H groups in total. The third-order valence-corrected chi connectivity index (χ3v) is 5.72. The molecule has 0 bridgehead atoms. The maximum absolute atomic E-state index is 14.5. The van der Waals surface area contributed by atoms with Crippen LogP contribution in [-0.2, 0) is 5.41 Å². The van der Waals surface area contributed by atoms with Crippen molar-refractivity contribution < 1.29 is 4.39 Å². The average molecular weight is 330 g/mol. The van der Waals surface area contributed by atoms with Crippen molar-refractivity contribution in [2.45, 2.75) is 73.3 Å². The molecule has 1 aromatic rings. The van der Waals surface area contributed by atoms with Crippen molar-refractivity contribution in [3.05, 3.63) is 29.1 Å². The summed E-state index contributed by atoms with van der Waals surface area (Å²) in [6.45, 7) is 20.8. The van der Waals surface area contributed by atoms with Gasteiger partial charge in [-0.25, -0.2) is 4.39 Å². The lowest BCUT2D eigenvalue weighted by Crippen LogP contribution is -2.55. The Hall–Kier alpha value is -1.56. The number of benzene rings is 1. The van der Waals surface area contributed by atoms with Crippen molar-refractivity contribution in [3.63, 3.8) is 0 Å². The summed E-state index contributed by atoms with van der Waals surface area (Å²) in [7, 11) is 0. The number of hydrogen-bond donors (Lipinski definition) is 0. The van der Waals surface area contributed by atoms with Gasteiger partial charge in [-0.1, -0.05) is 41.5 Å². The summed E-state index contributed by atoms with van der Waals surface area (Å²) in [4.78, 5) is 2.35. The zero-order valence-electron chi connectivity index (χ0n) is 16.6. The number of fused-ring (bicyclic) bond motifs is 1. The lowest BCUT2D eigenvalue weighted by Gasteiger charge is -2.52. The Morgan fingerprint density at radius 1 is 1.00 bits per heavy atom. The normalized spacial score (nSPS) is 17.6. The lowest BCUT2D eigenvalue weighted by molar-refractivity contribution is 0.0634. The van der Waals surface area contributed by atoms with E-state index < -0.39 is 5.82 Å². The molecule has 0 saturated carbocycles. The molecule has 24 heavy (non-hydrogen) atoms. The molecule has 3 heteroatoms. The maximum Gasteiger partial charge on any atom is 0.141 e. The van der Waals surface area contributed by atoms with E-state index in [1.165, 1.54) is 0 Å². The van der Waals surface area contributed by atoms with Crippen molar-refractivity contribution in [2.24, 2.45) is 10.8 Å². The minimum absolute atomic E-state index is 0.0550. The van der Waals surface area contributed by atoms with Crippen molar-refractivity contribution in [2.75, 3.05) is 11.4 Å². The molecule has 0 unspecified atom stereocenters. The minimum Gasteiger partial charge on any atom is -0.365 e. The highest BCUT2D eigenvalue weighted by Gasteiger charge is 2.58. The number of nitrogens with zero attached hydrogens (tertiary/aromatic N) is 2. The van der Waals surface area contributed by atoms with Gasteiger partial charge in [0.05, 0.1) is 5.56 Å². The SMILES string of the molecule is CC(C)(C)N1CC(C(C)(C)C)(C(C)(C)C)c2cc(F)c(C#N)cc21. The summed E-state index contributed by atoms with van der Waals surface area (Å²) < 4.78 is 14.5. The minimum atomic E-state index is -0.412. The number of hydrogen-bond acceptors (Lipinski definition) is 2. The Balaban J connectivity index is 2.91. The van der Waals surface area contributed by atoms with Crippen molar-refractivity contribution in [3.8, 4) is 6.07 Å². The molecule has 1 heterocycles. The van der Waals surface area contributed by atoms with E-state index >= 15 is 0 Å². The molecular formula is C21H31FN2. The Labute approximate surface area is 146 Å². The smallest absolute Gasteiger partial charge is 0.141 e. The fraction of sp³-hybridized carbons (Fsp3) is 0.667. The zero-order valence-corrected chi connectivity index (χ0v) is 16.6. The van der Waals surface area contributed by atoms with Crippen molar-refractivity contribution >= 4 is 5.69 Å². The van der Waals surface area contributed by atoms with Gasteiger partial charge < -0.3 is 4.90 Å². The van der Waals surface area contributed by atoms with Gasteiger partial charge in [-0.3, -0.25) is 0 Å². The zero-order chi connectivity index (χ0) is 18.7. The van der Waals surface area contributed by atoms with Crippen LogP contribution in [0.15, 0.2) is 12.1 Å². The summed E-state index contributed by atoms with van der Waals surface area (Å²) >= 11 is 0. The lowest BCUT2D eigenvalue weighted by atomic mass is 9.52. The largest absolute Gasteiger partial charge is 0.365 e. The van der Waals surface area contributed by atoms with E-state index in [4.69, 9.17) is 0 Å². The van der Waals surface area contributed by atoms with E-state index in [9.17, 15) is 9.65 Å². The topological polar surface area (TPSA) is 27.0 Å². The Bertz CT molecular complexity index is 677. The first-order valence-corrected chi connectivity index (χ1v) is 8.68. The van der Waals surface area contributed by atoms with Crippen LogP contribution in [0.2, 0.25) is 0 Å². The summed E-state index contributed by atoms with van der Waals surface area (Å²) in [5.74, 6) is -0.412. The van der Waals surface area contributed by atoms with Gasteiger partial charge in [0, 0.05) is 23.2 Å². The third-order valence-electron chi connectivity index (χ3n) is 5.72. The highest BCUT2D eigenvalue weighted by atomic mass is 19.1. The summed E-state index contributed by atoms with van der Waals surface area (Å²) in [6.07, 6.45) is 0. The molecule has 0 atom stereocenters. The van der Waals surface area contributed by atoms with Gasteiger partial charge in [0.25, 0.3) is 0 Å². The van der Waals surface area contributed by atoms with Crippen LogP contribution in [0.25, 0.3) is 0 Å². The standard InChI is InChI=1S/C21H31FN2/c1-18(2,3)21(19(4,5)6)13-24(20(7,8)9)17-10-14(12-23)16(22)11-15(17)21/h10-11H,13H2,1-9H3. The van der Waals surface area contributed by atoms with Gasteiger partial charge in [0.1, 0.15) is 11.9 Å². The molecule has 2 rings (SSSR count). The molecule has 0 saturated heterocycles. The van der Waals surface area contributed by atoms with E-state index in [1.54, 1.807) is 12.1 Å². The third kappa shape index (κ3) is 2.51. The molecule has 132 valence electrons. The fourth-order valence-corrected chi connectivity index (χ4v) is 4.63. The molecule has 1 aliphatic heterocycles. The van der Waals surface area contributed by atoms with E-state index in [1.807, 2.05) is 6.07 Å². The quantitative estimate of drug-likeness (QED) is 0.615. The summed E-state index contributed by atoms with van der Waals surface area (Å²) in [6, 6.07) is 5.37. The van der Waals surface area contributed by atoms with Crippen molar-refractivity contribution in [1.29, 1.82) is 5.26 Å². The number of halogens is 1. The van der Waals surface area contributed by atoms with Crippen LogP contribution in [0.4, 0.5) is 10.1 Å². The monoisotopic (exact) mass is 330 g/mol. The second-order valence-corrected chi connectivity index (χ2v) is 10.1. The predicted octanol–water partition coefficient (Wildman–Crippen LogP) is 5.65. The fourth-order valence-electron chi connectivity index (χ4n) is 4.63. The molecular weight excluding hydrogens is 299 g/mol. The maximum atomic E-state index is 14.5. The van der Waals surface area contributed by atoms with Crippen LogP contribution >= 0.6 is 0 Å². The molecule has 1 aliphatic rings. The highest BCUT2D eigenvalue weighted by molar-refractivity contribution is 5.68. The second-order valence-electron chi connectivity index (χ2n) is 10.1. The first-order valence-electron chi connectivity index (χ1n) is 8.68. The molecule has 0 aromatic heterocycles. The van der Waals surface area contributed by atoms with E-state index in [2.05, 4.69) is 67.2 Å². The van der Waals surface area contributed by atoms with Gasteiger partial charge >= 0.3 is 0 Å². The Kier molecular flexibility index (Phi) is 4.08. The first kappa shape index (κ1) is 18.8. The van der Waals surface area contributed by atoms with Crippen LogP contribution < -0.4 is 4.90 Å². The molecule has 0 fully saturated rings. The molecule has 0 radical (unpaired) electrons. The highest BCUT2D eigenvalue weighted by Crippen LogP contribution is 2.60. The molecule has 2 nitrogen and oxygen atoms in total. The predicted molar refractivity (Wildman–Crippen MR) is 98.8 cm³/mol. The van der Waals surface area contributed by atoms with Crippen LogP contribution in [0, 0.1) is 28.0 Å². The average Bonchev–Trinajstić information content (AvgIpc) is 2.71. The van der Waals surface area contributed by atoms with Gasteiger partial charge in [0.15, 0.2) is 0 Å². The summed E-state index contributed by atoms with van der Waals surface area (Å²) in [5.41, 5.74) is 1.75. The van der Waals surface area contributed by atoms with E-state index in [0.717, 1.165) is 17.8 Å². The van der Waals surface area contributed by atoms with Crippen LogP contribution in [0.3, 0.4) is 0 Å². The van der Waals surface area contributed by atoms with Crippen LogP contribution in [0.5, 0.6) is 0 Å². The van der Waals surface area contributed by atoms with E-state index in [-0.39, 0.29) is 27.3 Å². The van der Waals surface area contributed by atoms with Crippen molar-refractivity contribution in [1.82, 2.24) is 0 Å². The van der Waals surface area contributed by atoms with Gasteiger partial charge in [0.2, 0.25) is 0 Å². The Morgan fingerprint density at radius 3 is 1.88 bits per heavy atom. The first-order chi connectivity index (χ1) is 10.7. The van der Waals surface area contributed by atoms with Gasteiger partial charge in [-0.15, -0.1) is 0 Å². The summed E-state index contributed by atoms with van der Waals surface area (Å²) in [5, 5.41) is 9.28. The molecule has 0 amide bonds. The number of nitriles is 1. The van der Waals surface area contributed by atoms with Crippen LogP contribution in [0.1, 0.15) is 73.4 Å². The van der Waals surface area contributed by atoms with E-state index in [0.29, 0.717) is 0 Å². The Morgan fingerprint density at radius 2 is 1.50 bits per heavy atom. The van der Waals surface area contributed by atoms with Gasteiger partial charge in [-0.2, -0.15) is 5.26 Å².